The Morgan fingerprint density at radius 3 is 2.83 bits per heavy atom. The molecule has 0 unspecified atom stereocenters. The quantitative estimate of drug-likeness (QED) is 0.529. The topological polar surface area (TPSA) is 81.8 Å². The van der Waals surface area contributed by atoms with Gasteiger partial charge < -0.3 is 14.5 Å². The number of aromatic nitrogens is 4. The average molecular weight is 422 g/mol. The zero-order valence-corrected chi connectivity index (χ0v) is 18.2. The third-order valence-electron chi connectivity index (χ3n) is 5.02. The molecule has 0 aliphatic carbocycles. The van der Waals surface area contributed by atoms with Crippen molar-refractivity contribution in [1.29, 1.82) is 0 Å². The summed E-state index contributed by atoms with van der Waals surface area (Å²) in [6, 6.07) is 7.77. The Kier molecular flexibility index (Phi) is 5.26. The Bertz CT molecular complexity index is 1300. The first-order valence-corrected chi connectivity index (χ1v) is 10.5. The van der Waals surface area contributed by atoms with Gasteiger partial charge in [0, 0.05) is 37.6 Å². The van der Waals surface area contributed by atoms with Crippen molar-refractivity contribution in [1.82, 2.24) is 19.1 Å². The maximum absolute atomic E-state index is 12.9. The molecule has 0 spiro atoms. The van der Waals surface area contributed by atoms with Gasteiger partial charge in [-0.1, -0.05) is 26.0 Å². The van der Waals surface area contributed by atoms with Gasteiger partial charge in [0.25, 0.3) is 11.5 Å². The number of anilines is 1. The summed E-state index contributed by atoms with van der Waals surface area (Å²) in [4.78, 5) is 35.1. The summed E-state index contributed by atoms with van der Waals surface area (Å²) in [5, 5.41) is 3.47. The summed E-state index contributed by atoms with van der Waals surface area (Å²) < 4.78 is 3.54. The van der Waals surface area contributed by atoms with Gasteiger partial charge in [0.1, 0.15) is 10.7 Å². The van der Waals surface area contributed by atoms with Crippen LogP contribution >= 0.6 is 11.3 Å². The maximum atomic E-state index is 12.9. The van der Waals surface area contributed by atoms with Crippen LogP contribution in [0, 0.1) is 6.92 Å². The number of hydrogen-bond acceptors (Lipinski definition) is 5. The SMILES string of the molecule is Cc1c(C(=O)Nc2cccc(Cn3ccnc3C(C)C)c2)sc2ncn(C)c(=O)c12. The maximum Gasteiger partial charge on any atom is 0.266 e. The largest absolute Gasteiger partial charge is 0.330 e. The van der Waals surface area contributed by atoms with E-state index in [2.05, 4.69) is 33.7 Å². The lowest BCUT2D eigenvalue weighted by Crippen LogP contribution is -2.17. The molecule has 3 heterocycles. The van der Waals surface area contributed by atoms with Gasteiger partial charge in [0.15, 0.2) is 0 Å². The number of thiophene rings is 1. The molecule has 7 nitrogen and oxygen atoms in total. The normalized spacial score (nSPS) is 11.4. The molecule has 1 aromatic carbocycles. The van der Waals surface area contributed by atoms with Crippen molar-refractivity contribution in [2.75, 3.05) is 5.32 Å². The monoisotopic (exact) mass is 421 g/mol. The van der Waals surface area contributed by atoms with E-state index in [9.17, 15) is 9.59 Å². The Hall–Kier alpha value is -3.26. The molecule has 3 aromatic heterocycles. The number of nitrogens with zero attached hydrogens (tertiary/aromatic N) is 4. The molecule has 0 fully saturated rings. The Morgan fingerprint density at radius 2 is 2.07 bits per heavy atom. The van der Waals surface area contributed by atoms with Crippen molar-refractivity contribution >= 4 is 33.1 Å². The standard InChI is InChI=1S/C22H23N5O2S/c1-13(2)19-23-8-9-27(19)11-15-6-5-7-16(10-15)25-20(28)18-14(3)17-21(30-18)24-12-26(4)22(17)29/h5-10,12-13H,11H2,1-4H3,(H,25,28). The summed E-state index contributed by atoms with van der Waals surface area (Å²) in [5.41, 5.74) is 2.30. The van der Waals surface area contributed by atoms with E-state index in [1.807, 2.05) is 36.7 Å². The van der Waals surface area contributed by atoms with Gasteiger partial charge in [-0.25, -0.2) is 9.97 Å². The number of rotatable bonds is 5. The lowest BCUT2D eigenvalue weighted by Gasteiger charge is -2.12. The Morgan fingerprint density at radius 1 is 1.27 bits per heavy atom. The first-order chi connectivity index (χ1) is 14.3. The van der Waals surface area contributed by atoms with E-state index in [0.29, 0.717) is 38.8 Å². The second-order valence-electron chi connectivity index (χ2n) is 7.62. The minimum atomic E-state index is -0.236. The van der Waals surface area contributed by atoms with Gasteiger partial charge in [-0.2, -0.15) is 0 Å². The number of carbonyl (C=O) groups excluding carboxylic acids is 1. The number of aryl methyl sites for hydroxylation is 2. The zero-order chi connectivity index (χ0) is 21.4. The molecule has 4 rings (SSSR count). The highest BCUT2D eigenvalue weighted by atomic mass is 32.1. The molecule has 1 N–H and O–H groups in total. The van der Waals surface area contributed by atoms with Crippen LogP contribution in [0.3, 0.4) is 0 Å². The van der Waals surface area contributed by atoms with E-state index in [1.54, 1.807) is 14.0 Å². The highest BCUT2D eigenvalue weighted by Crippen LogP contribution is 2.27. The zero-order valence-electron chi connectivity index (χ0n) is 17.3. The second-order valence-corrected chi connectivity index (χ2v) is 8.62. The van der Waals surface area contributed by atoms with Crippen LogP contribution in [0.15, 0.2) is 47.8 Å². The number of amides is 1. The van der Waals surface area contributed by atoms with E-state index < -0.39 is 0 Å². The molecule has 0 bridgehead atoms. The van der Waals surface area contributed by atoms with Crippen molar-refractivity contribution in [3.05, 3.63) is 75.2 Å². The number of benzene rings is 1. The van der Waals surface area contributed by atoms with Crippen LogP contribution in [-0.2, 0) is 13.6 Å². The second kappa shape index (κ2) is 7.87. The summed E-state index contributed by atoms with van der Waals surface area (Å²) in [7, 11) is 1.65. The molecule has 0 saturated heterocycles. The van der Waals surface area contributed by atoms with Crippen molar-refractivity contribution in [2.24, 2.45) is 7.05 Å². The summed E-state index contributed by atoms with van der Waals surface area (Å²) >= 11 is 1.24. The number of hydrogen-bond donors (Lipinski definition) is 1. The number of nitrogens with one attached hydrogen (secondary N) is 1. The summed E-state index contributed by atoms with van der Waals surface area (Å²) in [6.45, 7) is 6.70. The van der Waals surface area contributed by atoms with Gasteiger partial charge in [0.2, 0.25) is 0 Å². The van der Waals surface area contributed by atoms with Gasteiger partial charge in [-0.3, -0.25) is 9.59 Å². The predicted octanol–water partition coefficient (Wildman–Crippen LogP) is 3.92. The van der Waals surface area contributed by atoms with Crippen molar-refractivity contribution < 1.29 is 4.79 Å². The molecule has 1 amide bonds. The van der Waals surface area contributed by atoms with Gasteiger partial charge in [-0.05, 0) is 30.2 Å². The smallest absolute Gasteiger partial charge is 0.266 e. The van der Waals surface area contributed by atoms with Crippen LogP contribution in [0.4, 0.5) is 5.69 Å². The van der Waals surface area contributed by atoms with Crippen molar-refractivity contribution in [3.63, 3.8) is 0 Å². The molecule has 0 aliphatic heterocycles. The van der Waals surface area contributed by atoms with E-state index in [4.69, 9.17) is 0 Å². The molecule has 154 valence electrons. The molecular formula is C22H23N5O2S. The highest BCUT2D eigenvalue weighted by molar-refractivity contribution is 7.20. The minimum absolute atomic E-state index is 0.143. The fourth-order valence-corrected chi connectivity index (χ4v) is 4.55. The molecule has 30 heavy (non-hydrogen) atoms. The van der Waals surface area contributed by atoms with Crippen LogP contribution in [0.2, 0.25) is 0 Å². The van der Waals surface area contributed by atoms with Crippen molar-refractivity contribution in [3.8, 4) is 0 Å². The van der Waals surface area contributed by atoms with E-state index in [0.717, 1.165) is 11.4 Å². The highest BCUT2D eigenvalue weighted by Gasteiger charge is 2.19. The van der Waals surface area contributed by atoms with Crippen LogP contribution < -0.4 is 10.9 Å². The van der Waals surface area contributed by atoms with Crippen LogP contribution in [0.5, 0.6) is 0 Å². The molecule has 0 atom stereocenters. The van der Waals surface area contributed by atoms with Crippen LogP contribution in [-0.4, -0.2) is 25.0 Å². The predicted molar refractivity (Wildman–Crippen MR) is 119 cm³/mol. The Labute approximate surface area is 178 Å². The van der Waals surface area contributed by atoms with Gasteiger partial charge >= 0.3 is 0 Å². The van der Waals surface area contributed by atoms with E-state index >= 15 is 0 Å². The average Bonchev–Trinajstić information content (AvgIpc) is 3.30. The fraction of sp³-hybridized carbons (Fsp3) is 0.273. The summed E-state index contributed by atoms with van der Waals surface area (Å²) in [6.07, 6.45) is 5.26. The lowest BCUT2D eigenvalue weighted by atomic mass is 10.1. The molecule has 8 heteroatoms. The third kappa shape index (κ3) is 3.66. The van der Waals surface area contributed by atoms with Gasteiger partial charge in [0.05, 0.1) is 16.6 Å². The lowest BCUT2D eigenvalue weighted by molar-refractivity contribution is 0.103. The fourth-order valence-electron chi connectivity index (χ4n) is 3.51. The number of carbonyl (C=O) groups is 1. The van der Waals surface area contributed by atoms with E-state index in [1.165, 1.54) is 22.2 Å². The minimum Gasteiger partial charge on any atom is -0.330 e. The summed E-state index contributed by atoms with van der Waals surface area (Å²) in [5.74, 6) is 1.12. The third-order valence-corrected chi connectivity index (χ3v) is 6.22. The van der Waals surface area contributed by atoms with E-state index in [-0.39, 0.29) is 11.5 Å². The molecule has 0 radical (unpaired) electrons. The number of imidazole rings is 1. The van der Waals surface area contributed by atoms with Crippen LogP contribution in [0.1, 0.15) is 46.4 Å². The molecule has 4 aromatic rings. The molecule has 0 aliphatic rings. The van der Waals surface area contributed by atoms with Gasteiger partial charge in [-0.15, -0.1) is 11.3 Å². The number of fused-ring (bicyclic) bond motifs is 1. The molecule has 0 saturated carbocycles. The first kappa shape index (κ1) is 20.0. The van der Waals surface area contributed by atoms with Crippen molar-refractivity contribution in [2.45, 2.75) is 33.2 Å². The Balaban J connectivity index is 1.59. The van der Waals surface area contributed by atoms with Crippen LogP contribution in [0.25, 0.3) is 10.2 Å². The first-order valence-electron chi connectivity index (χ1n) is 9.71. The molecular weight excluding hydrogens is 398 g/mol.